The van der Waals surface area contributed by atoms with Crippen LogP contribution in [0.3, 0.4) is 0 Å². The number of aromatic nitrogens is 2. The Morgan fingerprint density at radius 3 is 2.81 bits per heavy atom. The van der Waals surface area contributed by atoms with Crippen molar-refractivity contribution in [3.63, 3.8) is 0 Å². The molecule has 0 bridgehead atoms. The van der Waals surface area contributed by atoms with Crippen LogP contribution in [0.15, 0.2) is 59.7 Å². The number of aryl methyl sites for hydroxylation is 1. The second-order valence-electron chi connectivity index (χ2n) is 8.07. The molecule has 2 atom stereocenters. The number of pyridine rings is 2. The van der Waals surface area contributed by atoms with Crippen molar-refractivity contribution < 1.29 is 9.59 Å². The molecule has 1 saturated heterocycles. The Labute approximate surface area is 183 Å². The van der Waals surface area contributed by atoms with Gasteiger partial charge in [-0.3, -0.25) is 19.4 Å². The Kier molecular flexibility index (Phi) is 4.41. The highest BCUT2D eigenvalue weighted by molar-refractivity contribution is 6.08. The molecule has 8 heteroatoms. The van der Waals surface area contributed by atoms with Gasteiger partial charge in [-0.15, -0.1) is 0 Å². The Morgan fingerprint density at radius 1 is 1.25 bits per heavy atom. The highest BCUT2D eigenvalue weighted by atomic mass is 16.2. The summed E-state index contributed by atoms with van der Waals surface area (Å²) in [5, 5.41) is 12.2. The van der Waals surface area contributed by atoms with Gasteiger partial charge in [0.05, 0.1) is 11.6 Å². The highest BCUT2D eigenvalue weighted by Gasteiger charge is 2.59. The van der Waals surface area contributed by atoms with E-state index in [9.17, 15) is 19.6 Å². The zero-order valence-electron chi connectivity index (χ0n) is 17.3. The molecule has 2 unspecified atom stereocenters. The first-order chi connectivity index (χ1) is 15.5. The first-order valence-corrected chi connectivity index (χ1v) is 10.2. The van der Waals surface area contributed by atoms with Crippen LogP contribution < -0.4 is 10.9 Å². The number of aromatic amines is 1. The Balaban J connectivity index is 1.68. The van der Waals surface area contributed by atoms with Crippen LogP contribution in [0.5, 0.6) is 0 Å². The number of nitrogens with zero attached hydrogens (tertiary/aromatic N) is 3. The predicted octanol–water partition coefficient (Wildman–Crippen LogP) is 2.43. The molecule has 2 amide bonds. The molecule has 158 valence electrons. The minimum atomic E-state index is -0.955. The van der Waals surface area contributed by atoms with Crippen molar-refractivity contribution >= 4 is 17.5 Å². The number of hydrogen-bond donors (Lipinski definition) is 2. The fourth-order valence-electron chi connectivity index (χ4n) is 4.99. The maximum Gasteiger partial charge on any atom is 0.266 e. The normalized spacial score (nSPS) is 21.3. The lowest BCUT2D eigenvalue weighted by Gasteiger charge is -2.34. The van der Waals surface area contributed by atoms with E-state index >= 15 is 0 Å². The van der Waals surface area contributed by atoms with E-state index in [1.54, 1.807) is 30.3 Å². The molecule has 1 aromatic carbocycles. The fourth-order valence-corrected chi connectivity index (χ4v) is 4.99. The molecule has 2 aliphatic rings. The SMILES string of the molecule is Cc1[nH]c(=O)c(C#N)cc1C(=O)N1CCC2(C(=O)Nc3ccccc32)C1c1cccnc1. The summed E-state index contributed by atoms with van der Waals surface area (Å²) in [6, 6.07) is 13.7. The van der Waals surface area contributed by atoms with Crippen LogP contribution in [-0.4, -0.2) is 33.2 Å². The van der Waals surface area contributed by atoms with E-state index in [1.807, 2.05) is 36.4 Å². The first-order valence-electron chi connectivity index (χ1n) is 10.2. The Hall–Kier alpha value is -4.25. The van der Waals surface area contributed by atoms with Crippen LogP contribution in [0.4, 0.5) is 5.69 Å². The minimum absolute atomic E-state index is 0.130. The van der Waals surface area contributed by atoms with Crippen LogP contribution in [0.2, 0.25) is 0 Å². The second kappa shape index (κ2) is 7.17. The topological polar surface area (TPSA) is 119 Å². The molecule has 0 radical (unpaired) electrons. The van der Waals surface area contributed by atoms with Crippen molar-refractivity contribution in [2.45, 2.75) is 24.8 Å². The number of anilines is 1. The lowest BCUT2D eigenvalue weighted by atomic mass is 9.73. The fraction of sp³-hybridized carbons (Fsp3) is 0.208. The monoisotopic (exact) mass is 425 g/mol. The number of H-pyrrole nitrogens is 1. The largest absolute Gasteiger partial charge is 0.330 e. The van der Waals surface area contributed by atoms with E-state index in [2.05, 4.69) is 15.3 Å². The quantitative estimate of drug-likeness (QED) is 0.654. The van der Waals surface area contributed by atoms with Crippen molar-refractivity contribution in [1.82, 2.24) is 14.9 Å². The number of carbonyl (C=O) groups is 2. The average molecular weight is 425 g/mol. The van der Waals surface area contributed by atoms with Gasteiger partial charge in [0, 0.05) is 30.3 Å². The van der Waals surface area contributed by atoms with Crippen molar-refractivity contribution in [3.8, 4) is 6.07 Å². The van der Waals surface area contributed by atoms with Crippen molar-refractivity contribution in [2.24, 2.45) is 0 Å². The standard InChI is InChI=1S/C24H19N5O3/c1-14-17(11-16(12-25)21(30)27-14)22(31)29-10-8-24(20(29)15-5-4-9-26-13-15)18-6-2-3-7-19(18)28-23(24)32/h2-7,9,11,13,20H,8,10H2,1H3,(H,27,30)(H,28,32). The summed E-state index contributed by atoms with van der Waals surface area (Å²) < 4.78 is 0. The zero-order valence-corrected chi connectivity index (χ0v) is 17.3. The molecule has 32 heavy (non-hydrogen) atoms. The summed E-state index contributed by atoms with van der Waals surface area (Å²) in [5.74, 6) is -0.503. The molecular formula is C24H19N5O3. The number of nitriles is 1. The number of benzene rings is 1. The van der Waals surface area contributed by atoms with Gasteiger partial charge >= 0.3 is 0 Å². The third-order valence-corrected chi connectivity index (χ3v) is 6.44. The van der Waals surface area contributed by atoms with Gasteiger partial charge in [-0.2, -0.15) is 5.26 Å². The molecule has 8 nitrogen and oxygen atoms in total. The lowest BCUT2D eigenvalue weighted by molar-refractivity contribution is -0.121. The molecule has 3 aromatic rings. The number of fused-ring (bicyclic) bond motifs is 2. The molecule has 2 N–H and O–H groups in total. The number of likely N-dealkylation sites (tertiary alicyclic amines) is 1. The number of rotatable bonds is 2. The summed E-state index contributed by atoms with van der Waals surface area (Å²) in [7, 11) is 0. The molecule has 1 fully saturated rings. The third-order valence-electron chi connectivity index (χ3n) is 6.44. The Bertz CT molecular complexity index is 1360. The van der Waals surface area contributed by atoms with Gasteiger partial charge < -0.3 is 15.2 Å². The van der Waals surface area contributed by atoms with E-state index in [0.29, 0.717) is 18.7 Å². The number of nitrogens with one attached hydrogen (secondary N) is 2. The van der Waals surface area contributed by atoms with Gasteiger partial charge in [-0.05, 0) is 42.7 Å². The molecule has 5 rings (SSSR count). The zero-order chi connectivity index (χ0) is 22.5. The molecular weight excluding hydrogens is 406 g/mol. The number of hydrogen-bond acceptors (Lipinski definition) is 5. The van der Waals surface area contributed by atoms with Gasteiger partial charge in [0.2, 0.25) is 5.91 Å². The maximum atomic E-state index is 13.7. The van der Waals surface area contributed by atoms with Crippen LogP contribution in [0.25, 0.3) is 0 Å². The summed E-state index contributed by atoms with van der Waals surface area (Å²) in [6.45, 7) is 1.96. The van der Waals surface area contributed by atoms with E-state index in [0.717, 1.165) is 16.8 Å². The number of carbonyl (C=O) groups excluding carboxylic acids is 2. The summed E-state index contributed by atoms with van der Waals surface area (Å²) >= 11 is 0. The smallest absolute Gasteiger partial charge is 0.266 e. The van der Waals surface area contributed by atoms with E-state index in [4.69, 9.17) is 0 Å². The van der Waals surface area contributed by atoms with Gasteiger partial charge in [-0.25, -0.2) is 0 Å². The molecule has 0 aliphatic carbocycles. The second-order valence-corrected chi connectivity index (χ2v) is 8.07. The minimum Gasteiger partial charge on any atom is -0.330 e. The van der Waals surface area contributed by atoms with Crippen LogP contribution in [0.1, 0.15) is 45.2 Å². The van der Waals surface area contributed by atoms with Gasteiger partial charge in [0.1, 0.15) is 17.0 Å². The van der Waals surface area contributed by atoms with Crippen LogP contribution >= 0.6 is 0 Å². The van der Waals surface area contributed by atoms with E-state index < -0.39 is 17.0 Å². The number of para-hydroxylation sites is 1. The Morgan fingerprint density at radius 2 is 2.06 bits per heavy atom. The molecule has 2 aromatic heterocycles. The lowest BCUT2D eigenvalue weighted by Crippen LogP contribution is -2.43. The van der Waals surface area contributed by atoms with Crippen LogP contribution in [-0.2, 0) is 10.2 Å². The summed E-state index contributed by atoms with van der Waals surface area (Å²) in [5.41, 5.74) is 1.33. The molecule has 2 aliphatic heterocycles. The van der Waals surface area contributed by atoms with E-state index in [-0.39, 0.29) is 22.9 Å². The summed E-state index contributed by atoms with van der Waals surface area (Å²) in [4.78, 5) is 47.6. The maximum absolute atomic E-state index is 13.7. The number of amides is 2. The summed E-state index contributed by atoms with van der Waals surface area (Å²) in [6.07, 6.45) is 3.76. The van der Waals surface area contributed by atoms with Crippen molar-refractivity contribution in [2.75, 3.05) is 11.9 Å². The molecule has 1 spiro atoms. The average Bonchev–Trinajstić information content (AvgIpc) is 3.33. The first kappa shape index (κ1) is 19.7. The van der Waals surface area contributed by atoms with E-state index in [1.165, 1.54) is 6.07 Å². The van der Waals surface area contributed by atoms with Crippen molar-refractivity contribution in [1.29, 1.82) is 5.26 Å². The predicted molar refractivity (Wildman–Crippen MR) is 116 cm³/mol. The third kappa shape index (κ3) is 2.68. The van der Waals surface area contributed by atoms with Crippen molar-refractivity contribution in [3.05, 3.63) is 93.2 Å². The van der Waals surface area contributed by atoms with Crippen LogP contribution in [0, 0.1) is 18.3 Å². The van der Waals surface area contributed by atoms with Gasteiger partial charge in [0.25, 0.3) is 11.5 Å². The van der Waals surface area contributed by atoms with Gasteiger partial charge in [0.15, 0.2) is 0 Å². The molecule has 4 heterocycles. The van der Waals surface area contributed by atoms with Gasteiger partial charge in [-0.1, -0.05) is 24.3 Å². The molecule has 0 saturated carbocycles. The highest BCUT2D eigenvalue weighted by Crippen LogP contribution is 2.54.